The van der Waals surface area contributed by atoms with E-state index in [4.69, 9.17) is 10.5 Å². The van der Waals surface area contributed by atoms with Gasteiger partial charge in [-0.05, 0) is 18.6 Å². The summed E-state index contributed by atoms with van der Waals surface area (Å²) in [5, 5.41) is 2.42. The van der Waals surface area contributed by atoms with E-state index in [0.717, 1.165) is 12.1 Å². The molecule has 0 fully saturated rings. The molecule has 0 saturated heterocycles. The first-order chi connectivity index (χ1) is 9.06. The van der Waals surface area contributed by atoms with Crippen molar-refractivity contribution < 1.29 is 18.3 Å². The van der Waals surface area contributed by atoms with E-state index in [1.807, 2.05) is 0 Å². The summed E-state index contributed by atoms with van der Waals surface area (Å²) in [7, 11) is 0. The third kappa shape index (κ3) is 4.67. The molecule has 104 valence electrons. The summed E-state index contributed by atoms with van der Waals surface area (Å²) in [4.78, 5) is 11.6. The molecule has 0 saturated carbocycles. The number of carbonyl (C=O) groups is 1. The second kappa shape index (κ2) is 7.48. The lowest BCUT2D eigenvalue weighted by molar-refractivity contribution is 0.0913. The number of benzene rings is 1. The van der Waals surface area contributed by atoms with Crippen LogP contribution in [-0.2, 0) is 4.74 Å². The minimum Gasteiger partial charge on any atom is -0.396 e. The van der Waals surface area contributed by atoms with Crippen LogP contribution in [0.25, 0.3) is 0 Å². The van der Waals surface area contributed by atoms with Crippen LogP contribution in [0.3, 0.4) is 0 Å². The predicted octanol–water partition coefficient (Wildman–Crippen LogP) is 1.87. The van der Waals surface area contributed by atoms with E-state index >= 15 is 0 Å². The van der Waals surface area contributed by atoms with Gasteiger partial charge in [0.25, 0.3) is 5.91 Å². The van der Waals surface area contributed by atoms with Crippen molar-refractivity contribution in [2.75, 3.05) is 25.5 Å². The smallest absolute Gasteiger partial charge is 0.254 e. The molecule has 19 heavy (non-hydrogen) atoms. The quantitative estimate of drug-likeness (QED) is 0.451. The highest BCUT2D eigenvalue weighted by atomic mass is 19.1. The Morgan fingerprint density at radius 2 is 2.16 bits per heavy atom. The molecule has 0 atom stereocenters. The summed E-state index contributed by atoms with van der Waals surface area (Å²) in [5.41, 5.74) is 4.43. The summed E-state index contributed by atoms with van der Waals surface area (Å²) < 4.78 is 31.7. The average Bonchev–Trinajstić information content (AvgIpc) is 2.37. The van der Waals surface area contributed by atoms with Crippen LogP contribution in [0.5, 0.6) is 0 Å². The summed E-state index contributed by atoms with van der Waals surface area (Å²) in [6.45, 7) is 4.52. The van der Waals surface area contributed by atoms with Gasteiger partial charge in [0.2, 0.25) is 0 Å². The highest BCUT2D eigenvalue weighted by Gasteiger charge is 2.15. The van der Waals surface area contributed by atoms with E-state index in [-0.39, 0.29) is 13.2 Å². The molecule has 0 unspecified atom stereocenters. The molecule has 3 N–H and O–H groups in total. The Morgan fingerprint density at radius 3 is 2.84 bits per heavy atom. The van der Waals surface area contributed by atoms with E-state index in [0.29, 0.717) is 13.0 Å². The number of nitrogen functional groups attached to an aromatic ring is 1. The molecule has 0 aliphatic heterocycles. The van der Waals surface area contributed by atoms with Gasteiger partial charge in [0.1, 0.15) is 5.82 Å². The van der Waals surface area contributed by atoms with Gasteiger partial charge in [-0.1, -0.05) is 6.08 Å². The van der Waals surface area contributed by atoms with Crippen molar-refractivity contribution in [3.8, 4) is 0 Å². The fourth-order valence-electron chi connectivity index (χ4n) is 1.38. The molecule has 1 rings (SSSR count). The Morgan fingerprint density at radius 1 is 1.42 bits per heavy atom. The zero-order valence-electron chi connectivity index (χ0n) is 10.4. The fraction of sp³-hybridized carbons (Fsp3) is 0.308. The van der Waals surface area contributed by atoms with Crippen molar-refractivity contribution in [2.45, 2.75) is 6.42 Å². The minimum absolute atomic E-state index is 0.200. The number of rotatable bonds is 7. The second-order valence-electron chi connectivity index (χ2n) is 3.80. The third-order valence-electron chi connectivity index (χ3n) is 2.31. The van der Waals surface area contributed by atoms with Crippen LogP contribution in [0.2, 0.25) is 0 Å². The molecular weight excluding hydrogens is 254 g/mol. The number of carbonyl (C=O) groups excluding carboxylic acids is 1. The zero-order chi connectivity index (χ0) is 14.3. The average molecular weight is 270 g/mol. The number of nitrogens with two attached hydrogens (primary N) is 1. The first-order valence-electron chi connectivity index (χ1n) is 5.77. The monoisotopic (exact) mass is 270 g/mol. The molecule has 0 radical (unpaired) electrons. The Balaban J connectivity index is 2.48. The number of ether oxygens (including phenoxy) is 1. The molecule has 1 amide bonds. The summed E-state index contributed by atoms with van der Waals surface area (Å²) in [6, 6.07) is 1.63. The maximum atomic E-state index is 13.5. The molecule has 1 aromatic carbocycles. The van der Waals surface area contributed by atoms with Crippen LogP contribution >= 0.6 is 0 Å². The van der Waals surface area contributed by atoms with E-state index < -0.39 is 28.8 Å². The molecule has 0 bridgehead atoms. The van der Waals surface area contributed by atoms with Crippen LogP contribution < -0.4 is 11.1 Å². The molecule has 0 heterocycles. The maximum Gasteiger partial charge on any atom is 0.254 e. The SMILES string of the molecule is C=CCCOCCNC(=O)c1cc(F)cc(N)c1F. The van der Waals surface area contributed by atoms with Crippen LogP contribution in [-0.4, -0.2) is 25.7 Å². The Kier molecular flexibility index (Phi) is 5.95. The van der Waals surface area contributed by atoms with Gasteiger partial charge in [0.05, 0.1) is 24.5 Å². The first-order valence-corrected chi connectivity index (χ1v) is 5.77. The van der Waals surface area contributed by atoms with Gasteiger partial charge in [-0.3, -0.25) is 4.79 Å². The lowest BCUT2D eigenvalue weighted by atomic mass is 10.1. The van der Waals surface area contributed by atoms with E-state index in [9.17, 15) is 13.6 Å². The van der Waals surface area contributed by atoms with E-state index in [2.05, 4.69) is 11.9 Å². The lowest BCUT2D eigenvalue weighted by Gasteiger charge is -2.08. The van der Waals surface area contributed by atoms with Gasteiger partial charge >= 0.3 is 0 Å². The van der Waals surface area contributed by atoms with Crippen molar-refractivity contribution in [3.63, 3.8) is 0 Å². The van der Waals surface area contributed by atoms with Gasteiger partial charge in [0.15, 0.2) is 5.82 Å². The van der Waals surface area contributed by atoms with E-state index in [1.54, 1.807) is 6.08 Å². The van der Waals surface area contributed by atoms with E-state index in [1.165, 1.54) is 0 Å². The number of halogens is 2. The van der Waals surface area contributed by atoms with Crippen molar-refractivity contribution in [1.82, 2.24) is 5.32 Å². The van der Waals surface area contributed by atoms with Crippen molar-refractivity contribution >= 4 is 11.6 Å². The number of hydrogen-bond acceptors (Lipinski definition) is 3. The number of nitrogens with one attached hydrogen (secondary N) is 1. The molecule has 1 aromatic rings. The minimum atomic E-state index is -0.925. The van der Waals surface area contributed by atoms with Gasteiger partial charge in [-0.15, -0.1) is 6.58 Å². The predicted molar refractivity (Wildman–Crippen MR) is 68.7 cm³/mol. The maximum absolute atomic E-state index is 13.5. The molecule has 0 aliphatic carbocycles. The van der Waals surface area contributed by atoms with Crippen molar-refractivity contribution in [1.29, 1.82) is 0 Å². The van der Waals surface area contributed by atoms with Gasteiger partial charge in [-0.2, -0.15) is 0 Å². The fourth-order valence-corrected chi connectivity index (χ4v) is 1.38. The molecule has 0 spiro atoms. The van der Waals surface area contributed by atoms with Crippen molar-refractivity contribution in [3.05, 3.63) is 42.0 Å². The van der Waals surface area contributed by atoms with Crippen LogP contribution in [0.15, 0.2) is 24.8 Å². The highest BCUT2D eigenvalue weighted by molar-refractivity contribution is 5.95. The summed E-state index contributed by atoms with van der Waals surface area (Å²) in [6.07, 6.45) is 2.42. The van der Waals surface area contributed by atoms with Crippen LogP contribution in [0.4, 0.5) is 14.5 Å². The Labute approximate surface area is 110 Å². The normalized spacial score (nSPS) is 10.2. The van der Waals surface area contributed by atoms with Gasteiger partial charge in [0, 0.05) is 6.54 Å². The number of anilines is 1. The molecule has 6 heteroatoms. The van der Waals surface area contributed by atoms with Gasteiger partial charge in [-0.25, -0.2) is 8.78 Å². The number of amides is 1. The lowest BCUT2D eigenvalue weighted by Crippen LogP contribution is -2.28. The van der Waals surface area contributed by atoms with Crippen LogP contribution in [0.1, 0.15) is 16.8 Å². The second-order valence-corrected chi connectivity index (χ2v) is 3.80. The largest absolute Gasteiger partial charge is 0.396 e. The highest BCUT2D eigenvalue weighted by Crippen LogP contribution is 2.17. The van der Waals surface area contributed by atoms with Gasteiger partial charge < -0.3 is 15.8 Å². The van der Waals surface area contributed by atoms with Crippen LogP contribution in [0, 0.1) is 11.6 Å². The Bertz CT molecular complexity index is 464. The summed E-state index contributed by atoms with van der Waals surface area (Å²) in [5.74, 6) is -2.41. The molecule has 0 aliphatic rings. The molecule has 0 aromatic heterocycles. The van der Waals surface area contributed by atoms with Crippen molar-refractivity contribution in [2.24, 2.45) is 0 Å². The molecular formula is C13H16F2N2O2. The zero-order valence-corrected chi connectivity index (χ0v) is 10.4. The standard InChI is InChI=1S/C13H16F2N2O2/c1-2-3-5-19-6-4-17-13(18)10-7-9(14)8-11(16)12(10)15/h2,7-8H,1,3-6,16H2,(H,17,18). The Hall–Kier alpha value is -1.95. The number of hydrogen-bond donors (Lipinski definition) is 2. The first kappa shape index (κ1) is 15.1. The summed E-state index contributed by atoms with van der Waals surface area (Å²) >= 11 is 0. The topological polar surface area (TPSA) is 64.3 Å². The third-order valence-corrected chi connectivity index (χ3v) is 2.31. The molecule has 4 nitrogen and oxygen atoms in total.